The summed E-state index contributed by atoms with van der Waals surface area (Å²) >= 11 is 11.6. The average molecular weight is 351 g/mol. The zero-order chi connectivity index (χ0) is 13.6. The molecule has 0 saturated heterocycles. The van der Waals surface area contributed by atoms with Crippen molar-refractivity contribution in [3.8, 4) is 0 Å². The molecule has 0 aliphatic rings. The molecule has 4 heteroatoms. The van der Waals surface area contributed by atoms with Crippen LogP contribution in [-0.2, 0) is 6.54 Å². The van der Waals surface area contributed by atoms with E-state index < -0.39 is 0 Å². The molecule has 18 heavy (non-hydrogen) atoms. The normalized spacial score (nSPS) is 11.8. The van der Waals surface area contributed by atoms with Crippen LogP contribution in [-0.4, -0.2) is 17.5 Å². The van der Waals surface area contributed by atoms with Crippen molar-refractivity contribution in [1.29, 1.82) is 0 Å². The van der Waals surface area contributed by atoms with Crippen molar-refractivity contribution in [2.24, 2.45) is 0 Å². The minimum absolute atomic E-state index is 0.349. The number of benzene rings is 1. The highest BCUT2D eigenvalue weighted by Gasteiger charge is 2.24. The van der Waals surface area contributed by atoms with E-state index in [-0.39, 0.29) is 0 Å². The number of halogens is 2. The summed E-state index contributed by atoms with van der Waals surface area (Å²) in [4.78, 5) is 0. The molecule has 0 bridgehead atoms. The second kappa shape index (κ2) is 7.78. The van der Waals surface area contributed by atoms with Gasteiger partial charge in [0.15, 0.2) is 0 Å². The monoisotopic (exact) mass is 349 g/mol. The fraction of sp³-hybridized carbons (Fsp3) is 0.571. The quantitative estimate of drug-likeness (QED) is 0.733. The molecule has 1 rings (SSSR count). The van der Waals surface area contributed by atoms with E-state index in [1.54, 1.807) is 0 Å². The van der Waals surface area contributed by atoms with Crippen LogP contribution >= 0.6 is 39.3 Å². The standard InChI is InChI=1S/C14H21BrClNS/c1-4-14(5-2,18-3)10-17-9-11-6-7-12(15)8-13(11)16/h6-8,17H,4-5,9-10H2,1-3H3. The first kappa shape index (κ1) is 16.4. The van der Waals surface area contributed by atoms with E-state index in [1.165, 1.54) is 12.8 Å². The van der Waals surface area contributed by atoms with E-state index >= 15 is 0 Å². The molecule has 0 saturated carbocycles. The molecule has 0 atom stereocenters. The van der Waals surface area contributed by atoms with E-state index in [4.69, 9.17) is 11.6 Å². The highest BCUT2D eigenvalue weighted by molar-refractivity contribution is 9.10. The Morgan fingerprint density at radius 2 is 2.00 bits per heavy atom. The third-order valence-corrected chi connectivity index (χ3v) is 5.93. The largest absolute Gasteiger partial charge is 0.311 e. The fourth-order valence-corrected chi connectivity index (χ4v) is 3.51. The molecular weight excluding hydrogens is 330 g/mol. The maximum atomic E-state index is 6.21. The maximum absolute atomic E-state index is 6.21. The number of hydrogen-bond donors (Lipinski definition) is 1. The van der Waals surface area contributed by atoms with Gasteiger partial charge in [0.25, 0.3) is 0 Å². The van der Waals surface area contributed by atoms with Gasteiger partial charge in [-0.3, -0.25) is 0 Å². The lowest BCUT2D eigenvalue weighted by Gasteiger charge is -2.30. The van der Waals surface area contributed by atoms with Crippen molar-refractivity contribution in [2.45, 2.75) is 38.0 Å². The van der Waals surface area contributed by atoms with Crippen molar-refractivity contribution in [2.75, 3.05) is 12.8 Å². The van der Waals surface area contributed by atoms with Crippen LogP contribution in [0.2, 0.25) is 5.02 Å². The number of nitrogens with one attached hydrogen (secondary N) is 1. The van der Waals surface area contributed by atoms with Crippen molar-refractivity contribution in [1.82, 2.24) is 5.32 Å². The molecule has 0 aliphatic carbocycles. The van der Waals surface area contributed by atoms with Crippen molar-refractivity contribution >= 4 is 39.3 Å². The summed E-state index contributed by atoms with van der Waals surface area (Å²) in [6, 6.07) is 6.04. The molecule has 0 heterocycles. The van der Waals surface area contributed by atoms with E-state index in [1.807, 2.05) is 23.9 Å². The van der Waals surface area contributed by atoms with Crippen LogP contribution in [0.25, 0.3) is 0 Å². The Kier molecular flexibility index (Phi) is 7.07. The summed E-state index contributed by atoms with van der Waals surface area (Å²) in [7, 11) is 0. The molecule has 1 nitrogen and oxygen atoms in total. The van der Waals surface area contributed by atoms with Crippen molar-refractivity contribution in [3.05, 3.63) is 33.3 Å². The second-order valence-electron chi connectivity index (χ2n) is 4.43. The second-order valence-corrected chi connectivity index (χ2v) is 7.03. The molecule has 0 aliphatic heterocycles. The third-order valence-electron chi connectivity index (χ3n) is 3.50. The van der Waals surface area contributed by atoms with Crippen LogP contribution in [0, 0.1) is 0 Å². The lowest BCUT2D eigenvalue weighted by atomic mass is 10.0. The molecular formula is C14H21BrClNS. The van der Waals surface area contributed by atoms with Gasteiger partial charge in [-0.25, -0.2) is 0 Å². The number of thioether (sulfide) groups is 1. The van der Waals surface area contributed by atoms with E-state index in [9.17, 15) is 0 Å². The van der Waals surface area contributed by atoms with Crippen LogP contribution in [0.4, 0.5) is 0 Å². The molecule has 102 valence electrons. The number of rotatable bonds is 7. The lowest BCUT2D eigenvalue weighted by Crippen LogP contribution is -2.36. The summed E-state index contributed by atoms with van der Waals surface area (Å²) in [6.45, 7) is 6.37. The molecule has 0 amide bonds. The number of hydrogen-bond acceptors (Lipinski definition) is 2. The highest BCUT2D eigenvalue weighted by atomic mass is 79.9. The Bertz CT molecular complexity index is 372. The zero-order valence-electron chi connectivity index (χ0n) is 11.2. The van der Waals surface area contributed by atoms with Gasteiger partial charge in [-0.15, -0.1) is 0 Å². The molecule has 1 aromatic carbocycles. The first-order valence-corrected chi connectivity index (χ1v) is 8.66. The average Bonchev–Trinajstić information content (AvgIpc) is 2.38. The van der Waals surface area contributed by atoms with Gasteiger partial charge in [-0.1, -0.05) is 47.4 Å². The van der Waals surface area contributed by atoms with Gasteiger partial charge < -0.3 is 5.32 Å². The maximum Gasteiger partial charge on any atom is 0.0462 e. The lowest BCUT2D eigenvalue weighted by molar-refractivity contribution is 0.495. The fourth-order valence-electron chi connectivity index (χ4n) is 1.95. The Balaban J connectivity index is 2.55. The summed E-state index contributed by atoms with van der Waals surface area (Å²) in [5.74, 6) is 0. The van der Waals surface area contributed by atoms with Crippen LogP contribution in [0.1, 0.15) is 32.3 Å². The smallest absolute Gasteiger partial charge is 0.0462 e. The van der Waals surface area contributed by atoms with Crippen molar-refractivity contribution in [3.63, 3.8) is 0 Å². The van der Waals surface area contributed by atoms with Crippen LogP contribution in [0.3, 0.4) is 0 Å². The first-order valence-electron chi connectivity index (χ1n) is 6.26. The van der Waals surface area contributed by atoms with Gasteiger partial charge in [0.05, 0.1) is 0 Å². The molecule has 1 aromatic rings. The van der Waals surface area contributed by atoms with Crippen LogP contribution in [0.5, 0.6) is 0 Å². The predicted octanol–water partition coefficient (Wildman–Crippen LogP) is 5.11. The van der Waals surface area contributed by atoms with Gasteiger partial charge >= 0.3 is 0 Å². The Hall–Kier alpha value is 0.300. The SMILES string of the molecule is CCC(CC)(CNCc1ccc(Br)cc1Cl)SC. The van der Waals surface area contributed by atoms with Gasteiger partial charge in [-0.2, -0.15) is 11.8 Å². The van der Waals surface area contributed by atoms with Crippen LogP contribution < -0.4 is 5.32 Å². The van der Waals surface area contributed by atoms with Crippen LogP contribution in [0.15, 0.2) is 22.7 Å². The third kappa shape index (κ3) is 4.44. The zero-order valence-corrected chi connectivity index (χ0v) is 14.4. The molecule has 0 aromatic heterocycles. The molecule has 1 N–H and O–H groups in total. The summed E-state index contributed by atoms with van der Waals surface area (Å²) in [6.07, 6.45) is 4.57. The Morgan fingerprint density at radius 1 is 1.33 bits per heavy atom. The summed E-state index contributed by atoms with van der Waals surface area (Å²) < 4.78 is 1.37. The topological polar surface area (TPSA) is 12.0 Å². The van der Waals surface area contributed by atoms with Gasteiger partial charge in [0, 0.05) is 27.3 Å². The molecule has 0 fully saturated rings. The van der Waals surface area contributed by atoms with E-state index in [0.29, 0.717) is 4.75 Å². The van der Waals surface area contributed by atoms with Crippen molar-refractivity contribution < 1.29 is 0 Å². The van der Waals surface area contributed by atoms with E-state index in [2.05, 4.69) is 47.4 Å². The Morgan fingerprint density at radius 3 is 2.50 bits per heavy atom. The molecule has 0 unspecified atom stereocenters. The molecule has 0 radical (unpaired) electrons. The summed E-state index contributed by atoms with van der Waals surface area (Å²) in [5.41, 5.74) is 1.15. The van der Waals surface area contributed by atoms with Gasteiger partial charge in [0.1, 0.15) is 0 Å². The minimum Gasteiger partial charge on any atom is -0.311 e. The Labute approximate surface area is 128 Å². The van der Waals surface area contributed by atoms with E-state index in [0.717, 1.165) is 28.1 Å². The minimum atomic E-state index is 0.349. The van der Waals surface area contributed by atoms with Gasteiger partial charge in [-0.05, 0) is 36.8 Å². The summed E-state index contributed by atoms with van der Waals surface area (Å²) in [5, 5.41) is 4.35. The predicted molar refractivity (Wildman–Crippen MR) is 87.7 cm³/mol. The van der Waals surface area contributed by atoms with Gasteiger partial charge in [0.2, 0.25) is 0 Å². The molecule has 0 spiro atoms. The highest BCUT2D eigenvalue weighted by Crippen LogP contribution is 2.29. The first-order chi connectivity index (χ1) is 8.56.